The van der Waals surface area contributed by atoms with Crippen molar-refractivity contribution in [1.82, 2.24) is 15.3 Å². The number of anilines is 2. The van der Waals surface area contributed by atoms with E-state index in [0.29, 0.717) is 11.5 Å². The summed E-state index contributed by atoms with van der Waals surface area (Å²) in [6, 6.07) is 12.1. The Morgan fingerprint density at radius 1 is 0.958 bits per heavy atom. The molecule has 0 atom stereocenters. The molecule has 3 rings (SSSR count). The number of pyridine rings is 2. The van der Waals surface area contributed by atoms with Crippen LogP contribution in [0.25, 0.3) is 10.8 Å². The number of carbonyl (C=O) groups is 2. The van der Waals surface area contributed by atoms with Gasteiger partial charge in [0, 0.05) is 29.4 Å². The Kier molecular flexibility index (Phi) is 4.62. The first kappa shape index (κ1) is 15.4. The highest BCUT2D eigenvalue weighted by molar-refractivity contribution is 6.02. The van der Waals surface area contributed by atoms with Gasteiger partial charge in [0.1, 0.15) is 5.82 Å². The van der Waals surface area contributed by atoms with Gasteiger partial charge in [-0.3, -0.25) is 9.78 Å². The van der Waals surface area contributed by atoms with Crippen LogP contribution in [0.2, 0.25) is 0 Å². The smallest absolute Gasteiger partial charge is 0.319 e. The summed E-state index contributed by atoms with van der Waals surface area (Å²) in [7, 11) is 0. The molecule has 2 heterocycles. The molecule has 3 N–H and O–H groups in total. The molecule has 24 heavy (non-hydrogen) atoms. The number of hydrogen-bond acceptors (Lipinski definition) is 4. The Balaban J connectivity index is 1.56. The van der Waals surface area contributed by atoms with E-state index >= 15 is 0 Å². The molecular formula is C17H15N5O2. The molecule has 3 amide bonds. The van der Waals surface area contributed by atoms with Crippen molar-refractivity contribution < 1.29 is 9.59 Å². The lowest BCUT2D eigenvalue weighted by molar-refractivity contribution is -0.115. The fourth-order valence-corrected chi connectivity index (χ4v) is 2.18. The molecule has 3 aromatic rings. The lowest BCUT2D eigenvalue weighted by Crippen LogP contribution is -2.35. The highest BCUT2D eigenvalue weighted by atomic mass is 16.2. The molecule has 0 aliphatic carbocycles. The molecule has 0 saturated heterocycles. The molecule has 2 aromatic heterocycles. The Morgan fingerprint density at radius 2 is 1.88 bits per heavy atom. The van der Waals surface area contributed by atoms with Crippen LogP contribution >= 0.6 is 0 Å². The SMILES string of the molecule is O=C(CNC(=O)Nc1cccc2cnccc12)Nc1ccccn1. The van der Waals surface area contributed by atoms with E-state index in [2.05, 4.69) is 25.9 Å². The fraction of sp³-hybridized carbons (Fsp3) is 0.0588. The highest BCUT2D eigenvalue weighted by Crippen LogP contribution is 2.21. The maximum atomic E-state index is 12.0. The van der Waals surface area contributed by atoms with Gasteiger partial charge in [0.05, 0.1) is 12.2 Å². The van der Waals surface area contributed by atoms with Crippen molar-refractivity contribution in [2.24, 2.45) is 0 Å². The molecule has 0 saturated carbocycles. The Labute approximate surface area is 138 Å². The van der Waals surface area contributed by atoms with Crippen molar-refractivity contribution in [3.63, 3.8) is 0 Å². The molecule has 7 heteroatoms. The van der Waals surface area contributed by atoms with E-state index < -0.39 is 6.03 Å². The van der Waals surface area contributed by atoms with Gasteiger partial charge in [0.2, 0.25) is 5.91 Å². The lowest BCUT2D eigenvalue weighted by atomic mass is 10.1. The Bertz CT molecular complexity index is 862. The zero-order valence-electron chi connectivity index (χ0n) is 12.7. The molecule has 0 aliphatic rings. The predicted molar refractivity (Wildman–Crippen MR) is 91.6 cm³/mol. The van der Waals surface area contributed by atoms with Gasteiger partial charge in [0.25, 0.3) is 0 Å². The molecule has 0 aliphatic heterocycles. The van der Waals surface area contributed by atoms with E-state index in [4.69, 9.17) is 0 Å². The lowest BCUT2D eigenvalue weighted by Gasteiger charge is -2.10. The number of rotatable bonds is 4. The van der Waals surface area contributed by atoms with E-state index in [1.54, 1.807) is 42.9 Å². The molecule has 0 fully saturated rings. The molecule has 7 nitrogen and oxygen atoms in total. The molecule has 0 spiro atoms. The van der Waals surface area contributed by atoms with E-state index in [1.165, 1.54) is 0 Å². The van der Waals surface area contributed by atoms with Crippen LogP contribution in [0.4, 0.5) is 16.3 Å². The normalized spacial score (nSPS) is 10.2. The third-order valence-electron chi connectivity index (χ3n) is 3.27. The molecular weight excluding hydrogens is 306 g/mol. The van der Waals surface area contributed by atoms with Gasteiger partial charge >= 0.3 is 6.03 Å². The number of amides is 3. The second-order valence-electron chi connectivity index (χ2n) is 4.97. The average molecular weight is 321 g/mol. The summed E-state index contributed by atoms with van der Waals surface area (Å²) in [5, 5.41) is 9.63. The first-order valence-electron chi connectivity index (χ1n) is 7.31. The minimum absolute atomic E-state index is 0.158. The van der Waals surface area contributed by atoms with E-state index in [1.807, 2.05) is 18.2 Å². The van der Waals surface area contributed by atoms with Gasteiger partial charge in [-0.25, -0.2) is 9.78 Å². The Hall–Kier alpha value is -3.48. The van der Waals surface area contributed by atoms with Crippen LogP contribution in [0.1, 0.15) is 0 Å². The third-order valence-corrected chi connectivity index (χ3v) is 3.27. The number of fused-ring (bicyclic) bond motifs is 1. The van der Waals surface area contributed by atoms with Crippen LogP contribution < -0.4 is 16.0 Å². The van der Waals surface area contributed by atoms with Crippen molar-refractivity contribution in [2.75, 3.05) is 17.2 Å². The van der Waals surface area contributed by atoms with Crippen LogP contribution in [-0.2, 0) is 4.79 Å². The minimum atomic E-state index is -0.463. The predicted octanol–water partition coefficient (Wildman–Crippen LogP) is 2.39. The summed E-state index contributed by atoms with van der Waals surface area (Å²) in [5.74, 6) is 0.0808. The summed E-state index contributed by atoms with van der Waals surface area (Å²) in [4.78, 5) is 31.8. The number of benzene rings is 1. The summed E-state index contributed by atoms with van der Waals surface area (Å²) in [5.41, 5.74) is 0.650. The number of carbonyl (C=O) groups excluding carboxylic acids is 2. The zero-order valence-corrected chi connectivity index (χ0v) is 12.7. The quantitative estimate of drug-likeness (QED) is 0.687. The van der Waals surface area contributed by atoms with Gasteiger partial charge in [-0.1, -0.05) is 18.2 Å². The molecule has 120 valence electrons. The Morgan fingerprint density at radius 3 is 2.71 bits per heavy atom. The van der Waals surface area contributed by atoms with Gasteiger partial charge in [0.15, 0.2) is 0 Å². The molecule has 1 aromatic carbocycles. The second-order valence-corrected chi connectivity index (χ2v) is 4.97. The maximum Gasteiger partial charge on any atom is 0.319 e. The summed E-state index contributed by atoms with van der Waals surface area (Å²) in [6.45, 7) is -0.158. The topological polar surface area (TPSA) is 96.0 Å². The number of hydrogen-bond donors (Lipinski definition) is 3. The van der Waals surface area contributed by atoms with Crippen molar-refractivity contribution in [3.8, 4) is 0 Å². The minimum Gasteiger partial charge on any atom is -0.329 e. The largest absolute Gasteiger partial charge is 0.329 e. The van der Waals surface area contributed by atoms with Gasteiger partial charge in [-0.2, -0.15) is 0 Å². The van der Waals surface area contributed by atoms with Crippen LogP contribution in [0.15, 0.2) is 61.1 Å². The summed E-state index contributed by atoms with van der Waals surface area (Å²) < 4.78 is 0. The second kappa shape index (κ2) is 7.19. The number of urea groups is 1. The zero-order chi connectivity index (χ0) is 16.8. The van der Waals surface area contributed by atoms with Gasteiger partial charge in [-0.15, -0.1) is 0 Å². The van der Waals surface area contributed by atoms with Crippen LogP contribution in [0.3, 0.4) is 0 Å². The van der Waals surface area contributed by atoms with Crippen molar-refractivity contribution in [2.45, 2.75) is 0 Å². The number of aromatic nitrogens is 2. The van der Waals surface area contributed by atoms with Crippen LogP contribution in [-0.4, -0.2) is 28.5 Å². The van der Waals surface area contributed by atoms with E-state index in [-0.39, 0.29) is 12.5 Å². The molecule has 0 bridgehead atoms. The van der Waals surface area contributed by atoms with Gasteiger partial charge < -0.3 is 16.0 Å². The van der Waals surface area contributed by atoms with E-state index in [0.717, 1.165) is 10.8 Å². The maximum absolute atomic E-state index is 12.0. The first-order chi connectivity index (χ1) is 11.7. The third kappa shape index (κ3) is 3.83. The number of nitrogens with zero attached hydrogens (tertiary/aromatic N) is 2. The van der Waals surface area contributed by atoms with Crippen molar-refractivity contribution >= 4 is 34.2 Å². The molecule has 0 radical (unpaired) electrons. The monoisotopic (exact) mass is 321 g/mol. The highest BCUT2D eigenvalue weighted by Gasteiger charge is 2.08. The van der Waals surface area contributed by atoms with E-state index in [9.17, 15) is 9.59 Å². The first-order valence-corrected chi connectivity index (χ1v) is 7.31. The van der Waals surface area contributed by atoms with Crippen LogP contribution in [0.5, 0.6) is 0 Å². The summed E-state index contributed by atoms with van der Waals surface area (Å²) in [6.07, 6.45) is 4.95. The summed E-state index contributed by atoms with van der Waals surface area (Å²) >= 11 is 0. The standard InChI is InChI=1S/C17H15N5O2/c23-16(22-15-6-1-2-8-19-15)11-20-17(24)21-14-5-3-4-12-10-18-9-7-13(12)14/h1-10H,11H2,(H,19,22,23)(H2,20,21,24). The van der Waals surface area contributed by atoms with Crippen molar-refractivity contribution in [3.05, 3.63) is 61.1 Å². The molecule has 0 unspecified atom stereocenters. The average Bonchev–Trinajstić information content (AvgIpc) is 2.61. The van der Waals surface area contributed by atoms with Crippen molar-refractivity contribution in [1.29, 1.82) is 0 Å². The van der Waals surface area contributed by atoms with Crippen LogP contribution in [0, 0.1) is 0 Å². The number of nitrogens with one attached hydrogen (secondary N) is 3. The fourth-order valence-electron chi connectivity index (χ4n) is 2.18. The van der Waals surface area contributed by atoms with Gasteiger partial charge in [-0.05, 0) is 24.3 Å².